The van der Waals surface area contributed by atoms with E-state index in [9.17, 15) is 9.59 Å². The third-order valence-corrected chi connectivity index (χ3v) is 4.68. The average molecular weight is 335 g/mol. The number of hydrogen-bond acceptors (Lipinski definition) is 4. The lowest BCUT2D eigenvalue weighted by atomic mass is 10.2. The van der Waals surface area contributed by atoms with Crippen LogP contribution in [0.1, 0.15) is 15.9 Å². The number of thiophene rings is 1. The standard InChI is InChI=1S/C18H13N3O2S/c22-17(19-11-12-5-2-1-3-6-12)13-7-4-9-21-16(13)20-14-8-10-24-15(14)18(21)23/h1-10H,11H2,(H,19,22). The molecule has 24 heavy (non-hydrogen) atoms. The molecule has 0 bridgehead atoms. The minimum Gasteiger partial charge on any atom is -0.348 e. The molecule has 4 aromatic rings. The van der Waals surface area contributed by atoms with Crippen LogP contribution in [0.15, 0.2) is 64.9 Å². The number of pyridine rings is 1. The maximum absolute atomic E-state index is 12.6. The minimum atomic E-state index is -0.251. The van der Waals surface area contributed by atoms with Crippen LogP contribution in [0.25, 0.3) is 15.9 Å². The molecule has 0 fully saturated rings. The summed E-state index contributed by atoms with van der Waals surface area (Å²) in [5.74, 6) is -0.251. The highest BCUT2D eigenvalue weighted by Gasteiger charge is 2.14. The van der Waals surface area contributed by atoms with Crippen LogP contribution in [0, 0.1) is 0 Å². The Morgan fingerprint density at radius 1 is 1.12 bits per heavy atom. The van der Waals surface area contributed by atoms with Crippen molar-refractivity contribution in [3.8, 4) is 0 Å². The van der Waals surface area contributed by atoms with Crippen LogP contribution in [0.2, 0.25) is 0 Å². The molecule has 0 aliphatic heterocycles. The van der Waals surface area contributed by atoms with Gasteiger partial charge in [0, 0.05) is 12.7 Å². The first-order valence-electron chi connectivity index (χ1n) is 7.45. The van der Waals surface area contributed by atoms with Crippen molar-refractivity contribution in [2.45, 2.75) is 6.54 Å². The number of nitrogens with zero attached hydrogens (tertiary/aromatic N) is 2. The first kappa shape index (κ1) is 14.6. The van der Waals surface area contributed by atoms with E-state index in [1.807, 2.05) is 35.7 Å². The highest BCUT2D eigenvalue weighted by Crippen LogP contribution is 2.17. The van der Waals surface area contributed by atoms with Crippen molar-refractivity contribution in [2.24, 2.45) is 0 Å². The summed E-state index contributed by atoms with van der Waals surface area (Å²) in [6.45, 7) is 0.422. The fourth-order valence-electron chi connectivity index (χ4n) is 2.60. The predicted octanol–water partition coefficient (Wildman–Crippen LogP) is 2.84. The van der Waals surface area contributed by atoms with E-state index >= 15 is 0 Å². The van der Waals surface area contributed by atoms with Gasteiger partial charge in [0.15, 0.2) is 5.65 Å². The smallest absolute Gasteiger partial charge is 0.275 e. The Hall–Kier alpha value is -2.99. The number of aromatic nitrogens is 2. The van der Waals surface area contributed by atoms with Gasteiger partial charge in [-0.15, -0.1) is 11.3 Å². The quantitative estimate of drug-likeness (QED) is 0.626. The molecule has 0 atom stereocenters. The third-order valence-electron chi connectivity index (χ3n) is 3.79. The van der Waals surface area contributed by atoms with Gasteiger partial charge in [-0.3, -0.25) is 14.0 Å². The summed E-state index contributed by atoms with van der Waals surface area (Å²) < 4.78 is 2.02. The zero-order valence-electron chi connectivity index (χ0n) is 12.6. The highest BCUT2D eigenvalue weighted by atomic mass is 32.1. The summed E-state index contributed by atoms with van der Waals surface area (Å²) in [5.41, 5.74) is 2.24. The predicted molar refractivity (Wildman–Crippen MR) is 94.5 cm³/mol. The summed E-state index contributed by atoms with van der Waals surface area (Å²) in [7, 11) is 0. The van der Waals surface area contributed by atoms with E-state index in [-0.39, 0.29) is 11.5 Å². The third kappa shape index (κ3) is 2.47. The number of benzene rings is 1. The van der Waals surface area contributed by atoms with E-state index in [0.29, 0.717) is 28.0 Å². The summed E-state index contributed by atoms with van der Waals surface area (Å²) in [5, 5.41) is 4.70. The molecular formula is C18H13N3O2S. The largest absolute Gasteiger partial charge is 0.348 e. The highest BCUT2D eigenvalue weighted by molar-refractivity contribution is 7.17. The van der Waals surface area contributed by atoms with Crippen LogP contribution in [-0.2, 0) is 6.54 Å². The van der Waals surface area contributed by atoms with Crippen molar-refractivity contribution in [1.82, 2.24) is 14.7 Å². The van der Waals surface area contributed by atoms with Gasteiger partial charge >= 0.3 is 0 Å². The minimum absolute atomic E-state index is 0.150. The second-order valence-corrected chi connectivity index (χ2v) is 6.25. The lowest BCUT2D eigenvalue weighted by Crippen LogP contribution is -2.25. The Balaban J connectivity index is 1.74. The van der Waals surface area contributed by atoms with Gasteiger partial charge in [-0.2, -0.15) is 0 Å². The number of carbonyl (C=O) groups is 1. The van der Waals surface area contributed by atoms with Crippen molar-refractivity contribution >= 4 is 33.1 Å². The second kappa shape index (κ2) is 5.90. The summed E-state index contributed by atoms with van der Waals surface area (Å²) >= 11 is 1.35. The Bertz CT molecular complexity index is 1100. The van der Waals surface area contributed by atoms with E-state index in [1.165, 1.54) is 15.7 Å². The summed E-state index contributed by atoms with van der Waals surface area (Å²) in [4.78, 5) is 29.5. The SMILES string of the molecule is O=C(NCc1ccccc1)c1cccn2c(=O)c3sccc3nc12. The summed E-state index contributed by atoms with van der Waals surface area (Å²) in [6.07, 6.45) is 1.64. The Morgan fingerprint density at radius 3 is 2.79 bits per heavy atom. The van der Waals surface area contributed by atoms with E-state index in [0.717, 1.165) is 5.56 Å². The molecule has 4 rings (SSSR count). The monoisotopic (exact) mass is 335 g/mol. The number of fused-ring (bicyclic) bond motifs is 2. The molecule has 1 aromatic carbocycles. The molecule has 3 heterocycles. The van der Waals surface area contributed by atoms with Gasteiger partial charge in [-0.05, 0) is 29.1 Å². The molecule has 0 aliphatic rings. The van der Waals surface area contributed by atoms with Crippen molar-refractivity contribution < 1.29 is 4.79 Å². The molecular weight excluding hydrogens is 322 g/mol. The lowest BCUT2D eigenvalue weighted by Gasteiger charge is -2.08. The number of rotatable bonds is 3. The zero-order chi connectivity index (χ0) is 16.5. The van der Waals surface area contributed by atoms with Crippen molar-refractivity contribution in [2.75, 3.05) is 0 Å². The molecule has 5 nitrogen and oxygen atoms in total. The number of hydrogen-bond donors (Lipinski definition) is 1. The van der Waals surface area contributed by atoms with Crippen molar-refractivity contribution in [3.05, 3.63) is 81.6 Å². The molecule has 0 unspecified atom stereocenters. The molecule has 3 aromatic heterocycles. The van der Waals surface area contributed by atoms with Gasteiger partial charge in [0.05, 0.1) is 11.1 Å². The van der Waals surface area contributed by atoms with Crippen LogP contribution in [0.3, 0.4) is 0 Å². The Labute approximate surface area is 141 Å². The normalized spacial score (nSPS) is 11.0. The Morgan fingerprint density at radius 2 is 1.96 bits per heavy atom. The van der Waals surface area contributed by atoms with E-state index in [1.54, 1.807) is 24.4 Å². The average Bonchev–Trinajstić information content (AvgIpc) is 3.09. The van der Waals surface area contributed by atoms with Gasteiger partial charge in [0.2, 0.25) is 0 Å². The maximum atomic E-state index is 12.6. The Kier molecular flexibility index (Phi) is 3.59. The van der Waals surface area contributed by atoms with Crippen LogP contribution < -0.4 is 10.9 Å². The van der Waals surface area contributed by atoms with Gasteiger partial charge in [0.25, 0.3) is 11.5 Å². The summed E-state index contributed by atoms with van der Waals surface area (Å²) in [6, 6.07) is 14.8. The van der Waals surface area contributed by atoms with E-state index in [2.05, 4.69) is 10.3 Å². The van der Waals surface area contributed by atoms with Gasteiger partial charge in [0.1, 0.15) is 4.70 Å². The fraction of sp³-hybridized carbons (Fsp3) is 0.0556. The van der Waals surface area contributed by atoms with Gasteiger partial charge in [-0.1, -0.05) is 30.3 Å². The molecule has 118 valence electrons. The first-order valence-corrected chi connectivity index (χ1v) is 8.33. The maximum Gasteiger partial charge on any atom is 0.275 e. The van der Waals surface area contributed by atoms with Gasteiger partial charge < -0.3 is 5.32 Å². The van der Waals surface area contributed by atoms with Gasteiger partial charge in [-0.25, -0.2) is 4.98 Å². The van der Waals surface area contributed by atoms with Crippen LogP contribution in [0.5, 0.6) is 0 Å². The molecule has 6 heteroatoms. The van der Waals surface area contributed by atoms with E-state index in [4.69, 9.17) is 0 Å². The van der Waals surface area contributed by atoms with Crippen LogP contribution in [0.4, 0.5) is 0 Å². The molecule has 0 aliphatic carbocycles. The molecule has 0 spiro atoms. The first-order chi connectivity index (χ1) is 11.7. The van der Waals surface area contributed by atoms with Crippen LogP contribution >= 0.6 is 11.3 Å². The number of nitrogens with one attached hydrogen (secondary N) is 1. The lowest BCUT2D eigenvalue weighted by molar-refractivity contribution is 0.0952. The molecule has 0 radical (unpaired) electrons. The van der Waals surface area contributed by atoms with Crippen molar-refractivity contribution in [1.29, 1.82) is 0 Å². The second-order valence-electron chi connectivity index (χ2n) is 5.34. The fourth-order valence-corrected chi connectivity index (χ4v) is 3.37. The van der Waals surface area contributed by atoms with Crippen LogP contribution in [-0.4, -0.2) is 15.3 Å². The molecule has 0 saturated carbocycles. The molecule has 1 amide bonds. The van der Waals surface area contributed by atoms with E-state index < -0.39 is 0 Å². The number of amides is 1. The molecule has 1 N–H and O–H groups in total. The zero-order valence-corrected chi connectivity index (χ0v) is 13.4. The van der Waals surface area contributed by atoms with Crippen molar-refractivity contribution in [3.63, 3.8) is 0 Å². The molecule has 0 saturated heterocycles. The number of carbonyl (C=O) groups excluding carboxylic acids is 1. The topological polar surface area (TPSA) is 63.5 Å².